The number of anilines is 1. The smallest absolute Gasteiger partial charge is 0.309 e. The van der Waals surface area contributed by atoms with Gasteiger partial charge in [-0.3, -0.25) is 19.6 Å². The topological polar surface area (TPSA) is 133 Å². The van der Waals surface area contributed by atoms with Gasteiger partial charge in [-0.1, -0.05) is 11.6 Å². The van der Waals surface area contributed by atoms with E-state index in [-0.39, 0.29) is 45.6 Å². The quantitative estimate of drug-likeness (QED) is 0.386. The van der Waals surface area contributed by atoms with Gasteiger partial charge >= 0.3 is 5.69 Å². The first-order valence-electron chi connectivity index (χ1n) is 9.28. The first-order chi connectivity index (χ1) is 15.1. The molecule has 1 heterocycles. The molecule has 1 aromatic heterocycles. The maximum absolute atomic E-state index is 13.0. The molecular formula is C20H19ClN4O6S. The van der Waals surface area contributed by atoms with Crippen LogP contribution < -0.4 is 10.1 Å². The van der Waals surface area contributed by atoms with Gasteiger partial charge < -0.3 is 10.1 Å². The fraction of sp³-hybridized carbons (Fsp3) is 0.200. The van der Waals surface area contributed by atoms with E-state index < -0.39 is 20.7 Å². The number of hydrogen-bond acceptors (Lipinski definition) is 7. The van der Waals surface area contributed by atoms with Crippen molar-refractivity contribution in [1.29, 1.82) is 0 Å². The molecule has 10 nitrogen and oxygen atoms in total. The van der Waals surface area contributed by atoms with Crippen LogP contribution in [0.4, 0.5) is 11.4 Å². The molecule has 0 fully saturated rings. The zero-order valence-corrected chi connectivity index (χ0v) is 18.7. The van der Waals surface area contributed by atoms with Crippen LogP contribution in [-0.4, -0.2) is 36.1 Å². The van der Waals surface area contributed by atoms with E-state index in [1.165, 1.54) is 67.4 Å². The van der Waals surface area contributed by atoms with Crippen molar-refractivity contribution in [2.24, 2.45) is 0 Å². The molecule has 0 aliphatic carbocycles. The van der Waals surface area contributed by atoms with Crippen LogP contribution in [0.1, 0.15) is 12.1 Å². The molecule has 0 saturated heterocycles. The highest BCUT2D eigenvalue weighted by Gasteiger charge is 2.20. The number of aryl methyl sites for hydroxylation is 2. The van der Waals surface area contributed by atoms with Crippen molar-refractivity contribution in [2.75, 3.05) is 12.4 Å². The Bertz CT molecular complexity index is 1270. The Kier molecular flexibility index (Phi) is 6.80. The third kappa shape index (κ3) is 5.24. The van der Waals surface area contributed by atoms with Crippen molar-refractivity contribution in [3.05, 3.63) is 69.5 Å². The van der Waals surface area contributed by atoms with Crippen molar-refractivity contribution in [3.63, 3.8) is 0 Å². The van der Waals surface area contributed by atoms with E-state index in [1.54, 1.807) is 0 Å². The number of nitrogens with zero attached hydrogens (tertiary/aromatic N) is 3. The third-order valence-corrected chi connectivity index (χ3v) is 6.52. The van der Waals surface area contributed by atoms with Crippen LogP contribution in [-0.2, 0) is 21.2 Å². The minimum Gasteiger partial charge on any atom is -0.497 e. The largest absolute Gasteiger partial charge is 0.497 e. The Labute approximate surface area is 188 Å². The van der Waals surface area contributed by atoms with Crippen molar-refractivity contribution < 1.29 is 22.9 Å². The summed E-state index contributed by atoms with van der Waals surface area (Å²) in [5, 5.41) is 18.0. The molecule has 0 spiro atoms. The van der Waals surface area contributed by atoms with Crippen LogP contribution in [0.3, 0.4) is 0 Å². The van der Waals surface area contributed by atoms with Crippen LogP contribution in [0.25, 0.3) is 0 Å². The summed E-state index contributed by atoms with van der Waals surface area (Å²) < 4.78 is 32.4. The average Bonchev–Trinajstić information content (AvgIpc) is 3.13. The van der Waals surface area contributed by atoms with Crippen molar-refractivity contribution in [2.45, 2.75) is 29.7 Å². The molecule has 0 aliphatic rings. The molecule has 0 bridgehead atoms. The summed E-state index contributed by atoms with van der Waals surface area (Å²) in [5.74, 6) is -0.183. The fourth-order valence-electron chi connectivity index (χ4n) is 2.91. The van der Waals surface area contributed by atoms with Gasteiger partial charge in [0.15, 0.2) is 0 Å². The van der Waals surface area contributed by atoms with Gasteiger partial charge in [0.05, 0.1) is 21.8 Å². The molecule has 3 rings (SSSR count). The predicted molar refractivity (Wildman–Crippen MR) is 117 cm³/mol. The number of nitro groups is 1. The number of carbonyl (C=O) groups is 1. The van der Waals surface area contributed by atoms with Gasteiger partial charge in [-0.25, -0.2) is 8.42 Å². The van der Waals surface area contributed by atoms with Gasteiger partial charge in [0, 0.05) is 29.7 Å². The normalized spacial score (nSPS) is 11.2. The highest BCUT2D eigenvalue weighted by molar-refractivity contribution is 7.91. The number of sulfone groups is 1. The number of methoxy groups -OCH3 is 1. The third-order valence-electron chi connectivity index (χ3n) is 4.52. The second-order valence-corrected chi connectivity index (χ2v) is 9.16. The maximum atomic E-state index is 13.0. The number of ether oxygens (including phenoxy) is 1. The Morgan fingerprint density at radius 2 is 1.91 bits per heavy atom. The van der Waals surface area contributed by atoms with Crippen molar-refractivity contribution in [3.8, 4) is 5.75 Å². The van der Waals surface area contributed by atoms with Gasteiger partial charge in [0.25, 0.3) is 0 Å². The van der Waals surface area contributed by atoms with Crippen LogP contribution in [0.2, 0.25) is 5.02 Å². The highest BCUT2D eigenvalue weighted by Crippen LogP contribution is 2.29. The molecule has 1 N–H and O–H groups in total. The van der Waals surface area contributed by atoms with E-state index in [1.807, 2.05) is 0 Å². The van der Waals surface area contributed by atoms with E-state index >= 15 is 0 Å². The molecule has 168 valence electrons. The summed E-state index contributed by atoms with van der Waals surface area (Å²) >= 11 is 5.84. The summed E-state index contributed by atoms with van der Waals surface area (Å²) in [5.41, 5.74) is 0.347. The SMILES string of the molecule is COc1cc(NC(=O)CCn2cc([N+](=O)[O-])c(C)n2)cc(S(=O)(=O)c2ccc(Cl)cc2)c1. The summed E-state index contributed by atoms with van der Waals surface area (Å²) in [6.07, 6.45) is 1.22. The van der Waals surface area contributed by atoms with Crippen LogP contribution in [0, 0.1) is 17.0 Å². The molecule has 0 unspecified atom stereocenters. The number of halogens is 1. The predicted octanol–water partition coefficient (Wildman–Crippen LogP) is 3.62. The maximum Gasteiger partial charge on any atom is 0.309 e. The molecule has 12 heteroatoms. The van der Waals surface area contributed by atoms with Crippen LogP contribution in [0.15, 0.2) is 58.5 Å². The van der Waals surface area contributed by atoms with Gasteiger partial charge in [0.2, 0.25) is 15.7 Å². The molecular weight excluding hydrogens is 460 g/mol. The first kappa shape index (κ1) is 23.2. The summed E-state index contributed by atoms with van der Waals surface area (Å²) in [4.78, 5) is 22.7. The van der Waals surface area contributed by atoms with Gasteiger partial charge in [-0.05, 0) is 43.3 Å². The lowest BCUT2D eigenvalue weighted by molar-refractivity contribution is -0.385. The standard InChI is InChI=1S/C20H19ClN4O6S/c1-13-19(25(27)28)12-24(23-13)8-7-20(26)22-15-9-16(31-2)11-18(10-15)32(29,30)17-5-3-14(21)4-6-17/h3-6,9-12H,7-8H2,1-2H3,(H,22,26). The Morgan fingerprint density at radius 3 is 2.50 bits per heavy atom. The molecule has 3 aromatic rings. The second-order valence-electron chi connectivity index (χ2n) is 6.77. The Balaban J connectivity index is 1.78. The van der Waals surface area contributed by atoms with Crippen molar-refractivity contribution in [1.82, 2.24) is 9.78 Å². The fourth-order valence-corrected chi connectivity index (χ4v) is 4.35. The number of aromatic nitrogens is 2. The Morgan fingerprint density at radius 1 is 1.22 bits per heavy atom. The molecule has 0 saturated carbocycles. The Hall–Kier alpha value is -3.44. The van der Waals surface area contributed by atoms with Crippen molar-refractivity contribution >= 4 is 38.7 Å². The summed E-state index contributed by atoms with van der Waals surface area (Å²) in [7, 11) is -2.50. The summed E-state index contributed by atoms with van der Waals surface area (Å²) in [6, 6.07) is 9.89. The van der Waals surface area contributed by atoms with E-state index in [0.717, 1.165) is 0 Å². The number of carbonyl (C=O) groups excluding carboxylic acids is 1. The van der Waals surface area contributed by atoms with Gasteiger partial charge in [0.1, 0.15) is 17.6 Å². The number of hydrogen-bond donors (Lipinski definition) is 1. The number of nitrogens with one attached hydrogen (secondary N) is 1. The van der Waals surface area contributed by atoms with E-state index in [0.29, 0.717) is 5.02 Å². The van der Waals surface area contributed by atoms with Crippen LogP contribution in [0.5, 0.6) is 5.75 Å². The number of amides is 1. The van der Waals surface area contributed by atoms with Crippen LogP contribution >= 0.6 is 11.6 Å². The number of rotatable bonds is 8. The molecule has 0 aliphatic heterocycles. The lowest BCUT2D eigenvalue weighted by Gasteiger charge is -2.11. The molecule has 2 aromatic carbocycles. The second kappa shape index (κ2) is 9.37. The zero-order valence-electron chi connectivity index (χ0n) is 17.1. The molecule has 32 heavy (non-hydrogen) atoms. The molecule has 1 amide bonds. The van der Waals surface area contributed by atoms with E-state index in [2.05, 4.69) is 10.4 Å². The minimum absolute atomic E-state index is 0.0330. The monoisotopic (exact) mass is 478 g/mol. The lowest BCUT2D eigenvalue weighted by Crippen LogP contribution is -2.15. The first-order valence-corrected chi connectivity index (χ1v) is 11.1. The molecule has 0 atom stereocenters. The van der Waals surface area contributed by atoms with E-state index in [9.17, 15) is 23.3 Å². The minimum atomic E-state index is -3.88. The van der Waals surface area contributed by atoms with Gasteiger partial charge in [-0.2, -0.15) is 5.10 Å². The number of benzene rings is 2. The average molecular weight is 479 g/mol. The van der Waals surface area contributed by atoms with E-state index in [4.69, 9.17) is 16.3 Å². The summed E-state index contributed by atoms with van der Waals surface area (Å²) in [6.45, 7) is 1.62. The van der Waals surface area contributed by atoms with Gasteiger partial charge in [-0.15, -0.1) is 0 Å². The lowest BCUT2D eigenvalue weighted by atomic mass is 10.3. The highest BCUT2D eigenvalue weighted by atomic mass is 35.5. The zero-order chi connectivity index (χ0) is 23.5. The molecule has 0 radical (unpaired) electrons.